The summed E-state index contributed by atoms with van der Waals surface area (Å²) in [6, 6.07) is 0. The fourth-order valence-electron chi connectivity index (χ4n) is 0.664. The number of halogens is 4. The SMILES string of the molecule is CC(C)(CCCl)NCC(F)(F)F. The molecule has 1 N–H and O–H groups in total. The fraction of sp³-hybridized carbons (Fsp3) is 1.00. The molecule has 0 aromatic heterocycles. The zero-order chi connectivity index (χ0) is 9.83. The third-order valence-corrected chi connectivity index (χ3v) is 1.68. The van der Waals surface area contributed by atoms with E-state index in [1.165, 1.54) is 0 Å². The maximum Gasteiger partial charge on any atom is 0.401 e. The van der Waals surface area contributed by atoms with Gasteiger partial charge in [0.1, 0.15) is 0 Å². The molecule has 0 aromatic carbocycles. The largest absolute Gasteiger partial charge is 0.401 e. The van der Waals surface area contributed by atoms with E-state index < -0.39 is 18.3 Å². The van der Waals surface area contributed by atoms with Gasteiger partial charge < -0.3 is 5.32 Å². The van der Waals surface area contributed by atoms with Crippen LogP contribution in [0.25, 0.3) is 0 Å². The smallest absolute Gasteiger partial charge is 0.304 e. The Labute approximate surface area is 75.3 Å². The van der Waals surface area contributed by atoms with Crippen molar-refractivity contribution in [2.45, 2.75) is 32.0 Å². The lowest BCUT2D eigenvalue weighted by molar-refractivity contribution is -0.128. The molecule has 0 aromatic rings. The highest BCUT2D eigenvalue weighted by molar-refractivity contribution is 6.17. The zero-order valence-corrected chi connectivity index (χ0v) is 7.89. The lowest BCUT2D eigenvalue weighted by Gasteiger charge is -2.25. The molecule has 0 heterocycles. The molecule has 0 aliphatic rings. The van der Waals surface area contributed by atoms with Crippen LogP contribution in [-0.2, 0) is 0 Å². The van der Waals surface area contributed by atoms with Crippen molar-refractivity contribution in [1.29, 1.82) is 0 Å². The molecule has 1 nitrogen and oxygen atoms in total. The first-order valence-corrected chi connectivity index (χ1v) is 4.18. The average molecular weight is 204 g/mol. The second-order valence-corrected chi connectivity index (χ2v) is 3.67. The molecule has 0 fully saturated rings. The Morgan fingerprint density at radius 1 is 1.25 bits per heavy atom. The van der Waals surface area contributed by atoms with Crippen LogP contribution >= 0.6 is 11.6 Å². The molecule has 0 unspecified atom stereocenters. The van der Waals surface area contributed by atoms with Crippen molar-refractivity contribution in [2.24, 2.45) is 0 Å². The zero-order valence-electron chi connectivity index (χ0n) is 7.13. The van der Waals surface area contributed by atoms with Crippen LogP contribution in [0.5, 0.6) is 0 Å². The van der Waals surface area contributed by atoms with Crippen molar-refractivity contribution in [1.82, 2.24) is 5.32 Å². The predicted molar refractivity (Wildman–Crippen MR) is 43.5 cm³/mol. The molecule has 74 valence electrons. The summed E-state index contributed by atoms with van der Waals surface area (Å²) < 4.78 is 35.2. The van der Waals surface area contributed by atoms with Crippen molar-refractivity contribution in [2.75, 3.05) is 12.4 Å². The molecule has 0 radical (unpaired) electrons. The molecule has 0 bridgehead atoms. The maximum atomic E-state index is 11.7. The highest BCUT2D eigenvalue weighted by Crippen LogP contribution is 2.16. The topological polar surface area (TPSA) is 12.0 Å². The summed E-state index contributed by atoms with van der Waals surface area (Å²) in [7, 11) is 0. The van der Waals surface area contributed by atoms with Crippen LogP contribution in [0, 0.1) is 0 Å². The first kappa shape index (κ1) is 12.0. The van der Waals surface area contributed by atoms with E-state index in [0.717, 1.165) is 0 Å². The van der Waals surface area contributed by atoms with Crippen molar-refractivity contribution < 1.29 is 13.2 Å². The molecule has 0 atom stereocenters. The van der Waals surface area contributed by atoms with E-state index in [-0.39, 0.29) is 0 Å². The second-order valence-electron chi connectivity index (χ2n) is 3.29. The molecule has 0 aliphatic carbocycles. The van der Waals surface area contributed by atoms with Crippen LogP contribution in [0.15, 0.2) is 0 Å². The molecule has 0 rings (SSSR count). The van der Waals surface area contributed by atoms with E-state index in [1.54, 1.807) is 13.8 Å². The van der Waals surface area contributed by atoms with E-state index in [1.807, 2.05) is 0 Å². The molecule has 0 spiro atoms. The van der Waals surface area contributed by atoms with Crippen LogP contribution in [0.1, 0.15) is 20.3 Å². The Morgan fingerprint density at radius 2 is 1.75 bits per heavy atom. The van der Waals surface area contributed by atoms with E-state index in [0.29, 0.717) is 12.3 Å². The normalized spacial score (nSPS) is 13.5. The Morgan fingerprint density at radius 3 is 2.08 bits per heavy atom. The fourth-order valence-corrected chi connectivity index (χ4v) is 1.14. The maximum absolute atomic E-state index is 11.7. The van der Waals surface area contributed by atoms with Crippen LogP contribution < -0.4 is 5.32 Å². The molecule has 12 heavy (non-hydrogen) atoms. The van der Waals surface area contributed by atoms with Crippen LogP contribution in [0.3, 0.4) is 0 Å². The summed E-state index contributed by atoms with van der Waals surface area (Å²) in [6.45, 7) is 2.43. The second kappa shape index (κ2) is 4.33. The first-order chi connectivity index (χ1) is 5.27. The van der Waals surface area contributed by atoms with Gasteiger partial charge in [0, 0.05) is 11.4 Å². The Kier molecular flexibility index (Phi) is 4.34. The van der Waals surface area contributed by atoms with Gasteiger partial charge in [0.2, 0.25) is 0 Å². The monoisotopic (exact) mass is 203 g/mol. The van der Waals surface area contributed by atoms with Crippen LogP contribution in [0.4, 0.5) is 13.2 Å². The Hall–Kier alpha value is 0.0400. The van der Waals surface area contributed by atoms with E-state index in [9.17, 15) is 13.2 Å². The lowest BCUT2D eigenvalue weighted by atomic mass is 10.0. The van der Waals surface area contributed by atoms with Crippen molar-refractivity contribution in [3.05, 3.63) is 0 Å². The quantitative estimate of drug-likeness (QED) is 0.693. The molecule has 0 aliphatic heterocycles. The standard InChI is InChI=1S/C7H13ClF3N/c1-6(2,3-4-8)12-5-7(9,10)11/h12H,3-5H2,1-2H3. The summed E-state index contributed by atoms with van der Waals surface area (Å²) in [5.74, 6) is 0.359. The number of alkyl halides is 4. The van der Waals surface area contributed by atoms with Gasteiger partial charge in [0.05, 0.1) is 6.54 Å². The van der Waals surface area contributed by atoms with Gasteiger partial charge in [-0.15, -0.1) is 11.6 Å². The first-order valence-electron chi connectivity index (χ1n) is 3.64. The molecular formula is C7H13ClF3N. The highest BCUT2D eigenvalue weighted by atomic mass is 35.5. The van der Waals surface area contributed by atoms with Crippen molar-refractivity contribution >= 4 is 11.6 Å². The Bertz CT molecular complexity index is 133. The summed E-state index contributed by atoms with van der Waals surface area (Å²) >= 11 is 5.41. The van der Waals surface area contributed by atoms with Gasteiger partial charge >= 0.3 is 6.18 Å². The average Bonchev–Trinajstić information content (AvgIpc) is 1.83. The van der Waals surface area contributed by atoms with Gasteiger partial charge in [-0.25, -0.2) is 0 Å². The molecule has 0 amide bonds. The number of nitrogens with one attached hydrogen (secondary N) is 1. The van der Waals surface area contributed by atoms with Crippen LogP contribution in [-0.4, -0.2) is 24.1 Å². The van der Waals surface area contributed by atoms with E-state index in [4.69, 9.17) is 11.6 Å². The minimum Gasteiger partial charge on any atom is -0.304 e. The molecule has 0 saturated heterocycles. The van der Waals surface area contributed by atoms with Gasteiger partial charge in [-0.05, 0) is 20.3 Å². The predicted octanol–water partition coefficient (Wildman–Crippen LogP) is 2.55. The summed E-state index contributed by atoms with van der Waals surface area (Å²) in [5, 5.41) is 2.39. The molecule has 5 heteroatoms. The summed E-state index contributed by atoms with van der Waals surface area (Å²) in [5.41, 5.74) is -0.544. The third kappa shape index (κ3) is 6.73. The molecule has 0 saturated carbocycles. The Balaban J connectivity index is 3.75. The number of hydrogen-bond acceptors (Lipinski definition) is 1. The van der Waals surface area contributed by atoms with Gasteiger partial charge in [-0.2, -0.15) is 13.2 Å². The summed E-state index contributed by atoms with van der Waals surface area (Å²) in [4.78, 5) is 0. The van der Waals surface area contributed by atoms with Gasteiger partial charge in [-0.3, -0.25) is 0 Å². The van der Waals surface area contributed by atoms with E-state index in [2.05, 4.69) is 5.32 Å². The number of hydrogen-bond donors (Lipinski definition) is 1. The van der Waals surface area contributed by atoms with Gasteiger partial charge in [0.15, 0.2) is 0 Å². The van der Waals surface area contributed by atoms with Gasteiger partial charge in [-0.1, -0.05) is 0 Å². The summed E-state index contributed by atoms with van der Waals surface area (Å²) in [6.07, 6.45) is -3.63. The number of rotatable bonds is 4. The minimum atomic E-state index is -4.15. The van der Waals surface area contributed by atoms with Crippen molar-refractivity contribution in [3.63, 3.8) is 0 Å². The van der Waals surface area contributed by atoms with E-state index >= 15 is 0 Å². The van der Waals surface area contributed by atoms with Crippen LogP contribution in [0.2, 0.25) is 0 Å². The highest BCUT2D eigenvalue weighted by Gasteiger charge is 2.30. The minimum absolute atomic E-state index is 0.359. The third-order valence-electron chi connectivity index (χ3n) is 1.49. The van der Waals surface area contributed by atoms with Crippen molar-refractivity contribution in [3.8, 4) is 0 Å². The molecular weight excluding hydrogens is 191 g/mol. The van der Waals surface area contributed by atoms with Gasteiger partial charge in [0.25, 0.3) is 0 Å². The lowest BCUT2D eigenvalue weighted by Crippen LogP contribution is -2.44.